The lowest BCUT2D eigenvalue weighted by molar-refractivity contribution is -0.150. The van der Waals surface area contributed by atoms with Gasteiger partial charge in [0.05, 0.1) is 25.4 Å². The first-order valence-electron chi connectivity index (χ1n) is 13.1. The van der Waals surface area contributed by atoms with Crippen LogP contribution in [0.15, 0.2) is 48.5 Å². The van der Waals surface area contributed by atoms with Crippen LogP contribution in [0.4, 0.5) is 0 Å². The zero-order chi connectivity index (χ0) is 24.3. The monoisotopic (exact) mass is 482 g/mol. The third kappa shape index (κ3) is 7.71. The number of rotatable bonds is 13. The van der Waals surface area contributed by atoms with Crippen LogP contribution in [-0.4, -0.2) is 46.4 Å². The molecular weight excluding hydrogens is 443 g/mol. The lowest BCUT2D eigenvalue weighted by Gasteiger charge is -2.41. The van der Waals surface area contributed by atoms with Crippen molar-refractivity contribution < 1.29 is 28.3 Å². The minimum atomic E-state index is -0.360. The Balaban J connectivity index is 1.20. The van der Waals surface area contributed by atoms with E-state index in [1.54, 1.807) is 7.11 Å². The highest BCUT2D eigenvalue weighted by molar-refractivity contribution is 6.61. The Kier molecular flexibility index (Phi) is 10.3. The predicted molar refractivity (Wildman–Crippen MR) is 137 cm³/mol. The predicted octanol–water partition coefficient (Wildman–Crippen LogP) is 5.44. The molecule has 3 atom stereocenters. The van der Waals surface area contributed by atoms with Crippen molar-refractivity contribution in [2.45, 2.75) is 76.6 Å². The molecule has 0 aromatic heterocycles. The van der Waals surface area contributed by atoms with Crippen molar-refractivity contribution in [3.63, 3.8) is 0 Å². The van der Waals surface area contributed by atoms with Gasteiger partial charge in [0.1, 0.15) is 17.6 Å². The molecule has 2 aliphatic heterocycles. The van der Waals surface area contributed by atoms with E-state index in [-0.39, 0.29) is 32.2 Å². The first kappa shape index (κ1) is 26.0. The van der Waals surface area contributed by atoms with Gasteiger partial charge < -0.3 is 28.3 Å². The van der Waals surface area contributed by atoms with E-state index in [4.69, 9.17) is 28.3 Å². The lowest BCUT2D eigenvalue weighted by Crippen LogP contribution is -2.54. The van der Waals surface area contributed by atoms with Crippen LogP contribution >= 0.6 is 0 Å². The van der Waals surface area contributed by atoms with Gasteiger partial charge in [0.2, 0.25) is 0 Å². The molecule has 0 amide bonds. The molecule has 0 unspecified atom stereocenters. The van der Waals surface area contributed by atoms with Crippen molar-refractivity contribution in [1.29, 1.82) is 0 Å². The summed E-state index contributed by atoms with van der Waals surface area (Å²) in [5, 5.41) is 0. The summed E-state index contributed by atoms with van der Waals surface area (Å²) < 4.78 is 35.0. The van der Waals surface area contributed by atoms with Gasteiger partial charge in [-0.05, 0) is 54.6 Å². The third-order valence-electron chi connectivity index (χ3n) is 6.69. The number of benzene rings is 2. The smallest absolute Gasteiger partial charge is 0.494 e. The minimum Gasteiger partial charge on any atom is -0.494 e. The quantitative estimate of drug-likeness (QED) is 0.215. The number of fused-ring (bicyclic) bond motifs is 1. The number of ether oxygens (including phenoxy) is 4. The molecule has 35 heavy (non-hydrogen) atoms. The molecule has 2 aliphatic rings. The molecule has 2 aromatic carbocycles. The number of unbranched alkanes of at least 4 members (excludes halogenated alkanes) is 5. The summed E-state index contributed by atoms with van der Waals surface area (Å²) in [5.74, 6) is 1.69. The van der Waals surface area contributed by atoms with E-state index in [1.807, 2.05) is 36.4 Å². The zero-order valence-corrected chi connectivity index (χ0v) is 21.2. The van der Waals surface area contributed by atoms with Gasteiger partial charge in [-0.15, -0.1) is 0 Å². The van der Waals surface area contributed by atoms with Crippen molar-refractivity contribution in [2.24, 2.45) is 0 Å². The molecule has 190 valence electrons. The molecule has 0 aliphatic carbocycles. The summed E-state index contributed by atoms with van der Waals surface area (Å²) in [6, 6.07) is 16.1. The molecule has 0 bridgehead atoms. The Morgan fingerprint density at radius 1 is 0.829 bits per heavy atom. The highest BCUT2D eigenvalue weighted by Crippen LogP contribution is 2.35. The Morgan fingerprint density at radius 2 is 1.54 bits per heavy atom. The van der Waals surface area contributed by atoms with Gasteiger partial charge in [-0.2, -0.15) is 0 Å². The third-order valence-corrected chi connectivity index (χ3v) is 6.69. The molecule has 0 spiro atoms. The second-order valence-electron chi connectivity index (χ2n) is 9.39. The zero-order valence-electron chi connectivity index (χ0n) is 21.2. The Hall–Kier alpha value is -2.06. The van der Waals surface area contributed by atoms with Crippen LogP contribution < -0.4 is 14.9 Å². The molecule has 0 radical (unpaired) electrons. The van der Waals surface area contributed by atoms with Gasteiger partial charge >= 0.3 is 7.12 Å². The second-order valence-corrected chi connectivity index (χ2v) is 9.39. The van der Waals surface area contributed by atoms with Crippen LogP contribution in [0.1, 0.15) is 70.0 Å². The van der Waals surface area contributed by atoms with Crippen LogP contribution in [0.5, 0.6) is 11.5 Å². The molecule has 0 saturated carbocycles. The Morgan fingerprint density at radius 3 is 2.31 bits per heavy atom. The van der Waals surface area contributed by atoms with Gasteiger partial charge in [-0.25, -0.2) is 0 Å². The number of methoxy groups -OCH3 is 1. The number of hydrogen-bond acceptors (Lipinski definition) is 6. The second kappa shape index (κ2) is 13.9. The number of hydrogen-bond donors (Lipinski definition) is 0. The van der Waals surface area contributed by atoms with E-state index in [9.17, 15) is 0 Å². The van der Waals surface area contributed by atoms with Gasteiger partial charge in [0.15, 0.2) is 6.79 Å². The summed E-state index contributed by atoms with van der Waals surface area (Å²) in [7, 11) is 1.25. The molecule has 2 fully saturated rings. The Bertz CT molecular complexity index is 859. The highest BCUT2D eigenvalue weighted by atomic mass is 16.7. The van der Waals surface area contributed by atoms with Crippen LogP contribution in [-0.2, 0) is 18.8 Å². The summed E-state index contributed by atoms with van der Waals surface area (Å²) in [6.45, 7) is 3.79. The minimum absolute atomic E-state index is 0.0398. The fourth-order valence-corrected chi connectivity index (χ4v) is 4.67. The fourth-order valence-electron chi connectivity index (χ4n) is 4.67. The molecule has 7 heteroatoms. The molecule has 2 saturated heterocycles. The standard InChI is InChI=1S/C28H39BO6/c1-3-4-5-6-7-8-19-31-24-15-11-23(12-16-24)29-33-20-28-27(35-29)18-17-26(34-28)22-9-13-25(14-10-22)32-21-30-2/h9-16,26-28H,3-8,17-21H2,1-2H3/t26-,27+,28-/m1/s1. The average molecular weight is 482 g/mol. The lowest BCUT2D eigenvalue weighted by atomic mass is 9.76. The molecule has 0 N–H and O–H groups in total. The molecule has 6 nitrogen and oxygen atoms in total. The summed E-state index contributed by atoms with van der Waals surface area (Å²) >= 11 is 0. The maximum absolute atomic E-state index is 6.35. The summed E-state index contributed by atoms with van der Waals surface area (Å²) in [4.78, 5) is 0. The van der Waals surface area contributed by atoms with E-state index in [2.05, 4.69) is 19.1 Å². The van der Waals surface area contributed by atoms with Crippen LogP contribution in [0.2, 0.25) is 0 Å². The SMILES string of the molecule is CCCCCCCCOc1ccc(B2OC[C@H]3O[C@@H](c4ccc(OCOC)cc4)CC[C@@H]3O2)cc1. The van der Waals surface area contributed by atoms with E-state index >= 15 is 0 Å². The molecule has 2 aromatic rings. The van der Waals surface area contributed by atoms with Gasteiger partial charge in [0.25, 0.3) is 0 Å². The van der Waals surface area contributed by atoms with E-state index < -0.39 is 0 Å². The van der Waals surface area contributed by atoms with Crippen molar-refractivity contribution in [1.82, 2.24) is 0 Å². The van der Waals surface area contributed by atoms with Crippen molar-refractivity contribution >= 4 is 12.6 Å². The first-order valence-corrected chi connectivity index (χ1v) is 13.1. The van der Waals surface area contributed by atoms with Crippen LogP contribution in [0.3, 0.4) is 0 Å². The van der Waals surface area contributed by atoms with Crippen molar-refractivity contribution in [3.05, 3.63) is 54.1 Å². The van der Waals surface area contributed by atoms with E-state index in [0.29, 0.717) is 6.61 Å². The highest BCUT2D eigenvalue weighted by Gasteiger charge is 2.41. The van der Waals surface area contributed by atoms with Gasteiger partial charge in [0, 0.05) is 7.11 Å². The maximum Gasteiger partial charge on any atom is 0.494 e. The first-order chi connectivity index (χ1) is 17.3. The topological polar surface area (TPSA) is 55.4 Å². The van der Waals surface area contributed by atoms with Gasteiger partial charge in [-0.3, -0.25) is 0 Å². The summed E-state index contributed by atoms with van der Waals surface area (Å²) in [6.07, 6.45) is 9.47. The van der Waals surface area contributed by atoms with Crippen LogP contribution in [0, 0.1) is 0 Å². The van der Waals surface area contributed by atoms with Crippen molar-refractivity contribution in [3.8, 4) is 11.5 Å². The summed E-state index contributed by atoms with van der Waals surface area (Å²) in [5.41, 5.74) is 2.16. The maximum atomic E-state index is 6.35. The Labute approximate surface area is 210 Å². The fraction of sp³-hybridized carbons (Fsp3) is 0.571. The van der Waals surface area contributed by atoms with Crippen LogP contribution in [0.25, 0.3) is 0 Å². The van der Waals surface area contributed by atoms with E-state index in [1.165, 1.54) is 32.1 Å². The largest absolute Gasteiger partial charge is 0.494 e. The van der Waals surface area contributed by atoms with Crippen molar-refractivity contribution in [2.75, 3.05) is 27.1 Å². The molecule has 2 heterocycles. The van der Waals surface area contributed by atoms with E-state index in [0.717, 1.165) is 48.4 Å². The van der Waals surface area contributed by atoms with Gasteiger partial charge in [-0.1, -0.05) is 63.3 Å². The normalized spacial score (nSPS) is 22.0. The molecular formula is C28H39BO6. The molecule has 4 rings (SSSR count). The average Bonchev–Trinajstić information content (AvgIpc) is 2.91.